The lowest BCUT2D eigenvalue weighted by molar-refractivity contribution is -0.914. The Labute approximate surface area is 144 Å². The molecule has 0 bridgehead atoms. The summed E-state index contributed by atoms with van der Waals surface area (Å²) in [5.74, 6) is 1.84. The average molecular weight is 327 g/mol. The van der Waals surface area contributed by atoms with Crippen LogP contribution >= 0.6 is 0 Å². The normalized spacial score (nSPS) is 15.4. The number of benzene rings is 2. The van der Waals surface area contributed by atoms with Gasteiger partial charge < -0.3 is 19.3 Å². The molecule has 2 aromatic rings. The van der Waals surface area contributed by atoms with E-state index in [0.717, 1.165) is 44.2 Å². The third-order valence-electron chi connectivity index (χ3n) is 4.85. The number of quaternary nitrogens is 1. The van der Waals surface area contributed by atoms with Crippen molar-refractivity contribution in [3.8, 4) is 11.5 Å². The van der Waals surface area contributed by atoms with Crippen LogP contribution in [0.1, 0.15) is 11.1 Å². The van der Waals surface area contributed by atoms with Gasteiger partial charge in [0, 0.05) is 5.69 Å². The van der Waals surface area contributed by atoms with Crippen molar-refractivity contribution in [3.63, 3.8) is 0 Å². The van der Waals surface area contributed by atoms with E-state index < -0.39 is 0 Å². The van der Waals surface area contributed by atoms with Crippen molar-refractivity contribution in [2.24, 2.45) is 0 Å². The van der Waals surface area contributed by atoms with Gasteiger partial charge in [0.05, 0.1) is 46.0 Å². The third kappa shape index (κ3) is 3.65. The molecule has 1 heterocycles. The first kappa shape index (κ1) is 16.7. The quantitative estimate of drug-likeness (QED) is 0.909. The zero-order valence-electron chi connectivity index (χ0n) is 14.8. The molecule has 0 aliphatic carbocycles. The van der Waals surface area contributed by atoms with Crippen molar-refractivity contribution < 1.29 is 14.4 Å². The molecule has 1 saturated heterocycles. The number of methoxy groups -OCH3 is 2. The van der Waals surface area contributed by atoms with Crippen LogP contribution in [0.15, 0.2) is 42.5 Å². The molecule has 4 nitrogen and oxygen atoms in total. The number of piperazine rings is 1. The maximum atomic E-state index is 5.51. The number of hydrogen-bond donors (Lipinski definition) is 1. The molecule has 1 aliphatic rings. The van der Waals surface area contributed by atoms with Crippen LogP contribution < -0.4 is 19.3 Å². The Balaban J connectivity index is 1.64. The lowest BCUT2D eigenvalue weighted by atomic mass is 10.1. The van der Waals surface area contributed by atoms with E-state index in [1.807, 2.05) is 12.1 Å². The fraction of sp³-hybridized carbons (Fsp3) is 0.400. The predicted molar refractivity (Wildman–Crippen MR) is 97.3 cm³/mol. The number of nitrogens with zero attached hydrogens (tertiary/aromatic N) is 1. The Morgan fingerprint density at radius 1 is 1.00 bits per heavy atom. The highest BCUT2D eigenvalue weighted by molar-refractivity contribution is 5.53. The van der Waals surface area contributed by atoms with Gasteiger partial charge in [-0.25, -0.2) is 0 Å². The van der Waals surface area contributed by atoms with E-state index in [2.05, 4.69) is 42.2 Å². The molecule has 0 atom stereocenters. The summed E-state index contributed by atoms with van der Waals surface area (Å²) in [4.78, 5) is 4.09. The summed E-state index contributed by atoms with van der Waals surface area (Å²) in [5, 5.41) is 0. The molecular weight excluding hydrogens is 300 g/mol. The van der Waals surface area contributed by atoms with Gasteiger partial charge >= 0.3 is 0 Å². The van der Waals surface area contributed by atoms with Gasteiger partial charge in [-0.3, -0.25) is 0 Å². The second-order valence-corrected chi connectivity index (χ2v) is 6.38. The highest BCUT2D eigenvalue weighted by Gasteiger charge is 2.22. The van der Waals surface area contributed by atoms with Crippen molar-refractivity contribution in [3.05, 3.63) is 53.6 Å². The Morgan fingerprint density at radius 3 is 2.42 bits per heavy atom. The van der Waals surface area contributed by atoms with E-state index in [1.54, 1.807) is 19.1 Å². The molecule has 3 rings (SSSR count). The van der Waals surface area contributed by atoms with Gasteiger partial charge in [-0.15, -0.1) is 0 Å². The fourth-order valence-corrected chi connectivity index (χ4v) is 3.45. The van der Waals surface area contributed by atoms with Gasteiger partial charge in [-0.05, 0) is 36.8 Å². The molecule has 0 radical (unpaired) electrons. The van der Waals surface area contributed by atoms with Crippen LogP contribution in [-0.4, -0.2) is 40.4 Å². The van der Waals surface area contributed by atoms with Crippen LogP contribution in [-0.2, 0) is 6.54 Å². The van der Waals surface area contributed by atoms with Gasteiger partial charge in [-0.2, -0.15) is 0 Å². The van der Waals surface area contributed by atoms with Gasteiger partial charge in [0.25, 0.3) is 0 Å². The summed E-state index contributed by atoms with van der Waals surface area (Å²) in [6.07, 6.45) is 0. The van der Waals surface area contributed by atoms with Crippen LogP contribution in [0.25, 0.3) is 0 Å². The fourth-order valence-electron chi connectivity index (χ4n) is 3.45. The molecule has 128 valence electrons. The summed E-state index contributed by atoms with van der Waals surface area (Å²) >= 11 is 0. The molecule has 2 aromatic carbocycles. The highest BCUT2D eigenvalue weighted by Crippen LogP contribution is 2.23. The second-order valence-electron chi connectivity index (χ2n) is 6.38. The van der Waals surface area contributed by atoms with E-state index in [9.17, 15) is 0 Å². The SMILES string of the molecule is COc1ccc(OC)c(C[NH+]2CCN(c3ccccc3C)CC2)c1. The van der Waals surface area contributed by atoms with Crippen molar-refractivity contribution >= 4 is 5.69 Å². The molecule has 1 aliphatic heterocycles. The highest BCUT2D eigenvalue weighted by atomic mass is 16.5. The lowest BCUT2D eigenvalue weighted by Crippen LogP contribution is -3.13. The monoisotopic (exact) mass is 327 g/mol. The Bertz CT molecular complexity index is 679. The number of nitrogens with one attached hydrogen (secondary N) is 1. The minimum atomic E-state index is 0.892. The van der Waals surface area contributed by atoms with Gasteiger partial charge in [0.15, 0.2) is 0 Å². The zero-order chi connectivity index (χ0) is 16.9. The Morgan fingerprint density at radius 2 is 1.75 bits per heavy atom. The summed E-state index contributed by atoms with van der Waals surface area (Å²) < 4.78 is 10.9. The van der Waals surface area contributed by atoms with E-state index >= 15 is 0 Å². The standard InChI is InChI=1S/C20H26N2O2/c1-16-6-4-5-7-19(16)22-12-10-21(11-13-22)15-17-14-18(23-2)8-9-20(17)24-3/h4-9,14H,10-13,15H2,1-3H3/p+1. The maximum absolute atomic E-state index is 5.51. The van der Waals surface area contributed by atoms with Crippen molar-refractivity contribution in [1.82, 2.24) is 0 Å². The minimum absolute atomic E-state index is 0.892. The lowest BCUT2D eigenvalue weighted by Gasteiger charge is -2.34. The third-order valence-corrected chi connectivity index (χ3v) is 4.85. The molecule has 0 amide bonds. The number of rotatable bonds is 5. The Hall–Kier alpha value is -2.20. The zero-order valence-corrected chi connectivity index (χ0v) is 14.8. The molecule has 0 saturated carbocycles. The number of aryl methyl sites for hydroxylation is 1. The van der Waals surface area contributed by atoms with Crippen LogP contribution in [0.2, 0.25) is 0 Å². The number of hydrogen-bond acceptors (Lipinski definition) is 3. The molecule has 1 N–H and O–H groups in total. The minimum Gasteiger partial charge on any atom is -0.497 e. The van der Waals surface area contributed by atoms with E-state index in [4.69, 9.17) is 9.47 Å². The average Bonchev–Trinajstić information content (AvgIpc) is 2.63. The predicted octanol–water partition coefficient (Wildman–Crippen LogP) is 1.92. The van der Waals surface area contributed by atoms with Crippen LogP contribution in [0.5, 0.6) is 11.5 Å². The summed E-state index contributed by atoms with van der Waals surface area (Å²) in [7, 11) is 3.44. The van der Waals surface area contributed by atoms with E-state index in [0.29, 0.717) is 0 Å². The first-order valence-corrected chi connectivity index (χ1v) is 8.56. The summed E-state index contributed by atoms with van der Waals surface area (Å²) in [5.41, 5.74) is 3.95. The summed E-state index contributed by atoms with van der Waals surface area (Å²) in [6, 6.07) is 14.7. The first-order chi connectivity index (χ1) is 11.7. The van der Waals surface area contributed by atoms with Crippen molar-refractivity contribution in [2.75, 3.05) is 45.3 Å². The first-order valence-electron chi connectivity index (χ1n) is 8.56. The van der Waals surface area contributed by atoms with Gasteiger partial charge in [-0.1, -0.05) is 18.2 Å². The van der Waals surface area contributed by atoms with Gasteiger partial charge in [0.1, 0.15) is 18.0 Å². The maximum Gasteiger partial charge on any atom is 0.127 e. The van der Waals surface area contributed by atoms with Crippen LogP contribution in [0, 0.1) is 6.92 Å². The van der Waals surface area contributed by atoms with E-state index in [-0.39, 0.29) is 0 Å². The van der Waals surface area contributed by atoms with E-state index in [1.165, 1.54) is 16.8 Å². The molecule has 1 fully saturated rings. The van der Waals surface area contributed by atoms with Crippen molar-refractivity contribution in [2.45, 2.75) is 13.5 Å². The smallest absolute Gasteiger partial charge is 0.127 e. The van der Waals surface area contributed by atoms with Crippen molar-refractivity contribution in [1.29, 1.82) is 0 Å². The molecule has 4 heteroatoms. The second kappa shape index (κ2) is 7.58. The Kier molecular flexibility index (Phi) is 5.26. The molecule has 0 unspecified atom stereocenters. The van der Waals surface area contributed by atoms with Gasteiger partial charge in [0.2, 0.25) is 0 Å². The summed E-state index contributed by atoms with van der Waals surface area (Å²) in [6.45, 7) is 7.61. The molecular formula is C20H27N2O2+. The van der Waals surface area contributed by atoms with Crippen LogP contribution in [0.4, 0.5) is 5.69 Å². The topological polar surface area (TPSA) is 26.1 Å². The largest absolute Gasteiger partial charge is 0.497 e. The number of anilines is 1. The number of para-hydroxylation sites is 1. The molecule has 24 heavy (non-hydrogen) atoms. The number of ether oxygens (including phenoxy) is 2. The molecule has 0 aromatic heterocycles. The van der Waals surface area contributed by atoms with Crippen LogP contribution in [0.3, 0.4) is 0 Å². The molecule has 0 spiro atoms.